The molecule has 0 amide bonds. The van der Waals surface area contributed by atoms with Crippen LogP contribution in [0.3, 0.4) is 0 Å². The molecule has 0 bridgehead atoms. The van der Waals surface area contributed by atoms with Crippen molar-refractivity contribution in [3.05, 3.63) is 71.8 Å². The maximum absolute atomic E-state index is 11.0. The summed E-state index contributed by atoms with van der Waals surface area (Å²) < 4.78 is 10.3. The topological polar surface area (TPSA) is 35.5 Å². The van der Waals surface area contributed by atoms with Crippen LogP contribution in [0.1, 0.15) is 11.1 Å². The van der Waals surface area contributed by atoms with Crippen LogP contribution >= 0.6 is 0 Å². The molecule has 0 atom stereocenters. The first-order valence-electron chi connectivity index (χ1n) is 6.31. The van der Waals surface area contributed by atoms with Crippen molar-refractivity contribution < 1.29 is 14.3 Å². The van der Waals surface area contributed by atoms with E-state index in [1.54, 1.807) is 6.08 Å². The van der Waals surface area contributed by atoms with Crippen molar-refractivity contribution >= 4 is 12.0 Å². The largest absolute Gasteiger partial charge is 0.489 e. The van der Waals surface area contributed by atoms with E-state index in [2.05, 4.69) is 4.74 Å². The van der Waals surface area contributed by atoms with Crippen molar-refractivity contribution in [3.63, 3.8) is 0 Å². The van der Waals surface area contributed by atoms with Gasteiger partial charge in [0.05, 0.1) is 7.11 Å². The van der Waals surface area contributed by atoms with E-state index >= 15 is 0 Å². The highest BCUT2D eigenvalue weighted by atomic mass is 16.5. The number of ether oxygens (including phenoxy) is 2. The fraction of sp³-hybridized carbons (Fsp3) is 0.118. The third kappa shape index (κ3) is 4.28. The summed E-state index contributed by atoms with van der Waals surface area (Å²) >= 11 is 0. The van der Waals surface area contributed by atoms with Crippen LogP contribution in [0, 0.1) is 0 Å². The van der Waals surface area contributed by atoms with E-state index in [9.17, 15) is 4.79 Å². The lowest BCUT2D eigenvalue weighted by Gasteiger charge is -2.06. The lowest BCUT2D eigenvalue weighted by molar-refractivity contribution is -0.134. The molecular weight excluding hydrogens is 252 g/mol. The number of esters is 1. The number of carbonyl (C=O) groups is 1. The SMILES string of the molecule is COC(=O)C=Cc1cccc(OCc2ccccc2)c1. The minimum absolute atomic E-state index is 0.374. The average Bonchev–Trinajstić information content (AvgIpc) is 2.52. The Kier molecular flexibility index (Phi) is 4.95. The van der Waals surface area contributed by atoms with Crippen LogP contribution in [0.15, 0.2) is 60.7 Å². The van der Waals surface area contributed by atoms with Gasteiger partial charge in [-0.25, -0.2) is 4.79 Å². The molecule has 0 heterocycles. The van der Waals surface area contributed by atoms with Crippen LogP contribution in [0.25, 0.3) is 6.08 Å². The minimum Gasteiger partial charge on any atom is -0.489 e. The van der Waals surface area contributed by atoms with Crippen molar-refractivity contribution in [2.45, 2.75) is 6.61 Å². The molecule has 0 fully saturated rings. The van der Waals surface area contributed by atoms with Gasteiger partial charge in [-0.05, 0) is 29.3 Å². The Labute approximate surface area is 118 Å². The zero-order valence-corrected chi connectivity index (χ0v) is 11.3. The summed E-state index contributed by atoms with van der Waals surface area (Å²) in [5.41, 5.74) is 2.00. The van der Waals surface area contributed by atoms with Gasteiger partial charge in [0.15, 0.2) is 0 Å². The molecule has 2 aromatic carbocycles. The van der Waals surface area contributed by atoms with Crippen molar-refractivity contribution in [2.75, 3.05) is 7.11 Å². The zero-order valence-electron chi connectivity index (χ0n) is 11.3. The van der Waals surface area contributed by atoms with Gasteiger partial charge in [0, 0.05) is 6.08 Å². The Hall–Kier alpha value is -2.55. The van der Waals surface area contributed by atoms with E-state index in [1.807, 2.05) is 54.6 Å². The molecule has 2 aromatic rings. The summed E-state index contributed by atoms with van der Waals surface area (Å²) in [5.74, 6) is 0.390. The minimum atomic E-state index is -0.374. The van der Waals surface area contributed by atoms with Crippen molar-refractivity contribution in [1.82, 2.24) is 0 Å². The predicted octanol–water partition coefficient (Wildman–Crippen LogP) is 3.45. The first kappa shape index (κ1) is 13.9. The third-order valence-corrected chi connectivity index (χ3v) is 2.72. The summed E-state index contributed by atoms with van der Waals surface area (Å²) in [6, 6.07) is 17.5. The summed E-state index contributed by atoms with van der Waals surface area (Å²) in [4.78, 5) is 11.0. The highest BCUT2D eigenvalue weighted by molar-refractivity contribution is 5.86. The lowest BCUT2D eigenvalue weighted by atomic mass is 10.2. The quantitative estimate of drug-likeness (QED) is 0.615. The van der Waals surface area contributed by atoms with E-state index in [0.29, 0.717) is 6.61 Å². The van der Waals surface area contributed by atoms with Crippen LogP contribution in [0.4, 0.5) is 0 Å². The molecule has 0 saturated carbocycles. The van der Waals surface area contributed by atoms with E-state index in [1.165, 1.54) is 13.2 Å². The Morgan fingerprint density at radius 2 is 1.90 bits per heavy atom. The predicted molar refractivity (Wildman–Crippen MR) is 78.3 cm³/mol. The number of carbonyl (C=O) groups excluding carboxylic acids is 1. The number of methoxy groups -OCH3 is 1. The molecule has 0 N–H and O–H groups in total. The second-order valence-electron chi connectivity index (χ2n) is 4.20. The smallest absolute Gasteiger partial charge is 0.330 e. The van der Waals surface area contributed by atoms with Crippen molar-refractivity contribution in [1.29, 1.82) is 0 Å². The number of rotatable bonds is 5. The van der Waals surface area contributed by atoms with Gasteiger partial charge >= 0.3 is 5.97 Å². The lowest BCUT2D eigenvalue weighted by Crippen LogP contribution is -1.95. The molecule has 20 heavy (non-hydrogen) atoms. The van der Waals surface area contributed by atoms with Gasteiger partial charge in [0.25, 0.3) is 0 Å². The van der Waals surface area contributed by atoms with Crippen LogP contribution in [0.5, 0.6) is 5.75 Å². The molecule has 3 nitrogen and oxygen atoms in total. The summed E-state index contributed by atoms with van der Waals surface area (Å²) in [7, 11) is 1.35. The van der Waals surface area contributed by atoms with E-state index in [0.717, 1.165) is 16.9 Å². The fourth-order valence-electron chi connectivity index (χ4n) is 1.68. The van der Waals surface area contributed by atoms with Gasteiger partial charge in [-0.15, -0.1) is 0 Å². The van der Waals surface area contributed by atoms with Gasteiger partial charge in [0.2, 0.25) is 0 Å². The van der Waals surface area contributed by atoms with Crippen molar-refractivity contribution in [2.24, 2.45) is 0 Å². The van der Waals surface area contributed by atoms with Gasteiger partial charge in [-0.2, -0.15) is 0 Å². The normalized spacial score (nSPS) is 10.4. The second kappa shape index (κ2) is 7.14. The van der Waals surface area contributed by atoms with Crippen LogP contribution in [-0.4, -0.2) is 13.1 Å². The molecule has 0 aliphatic carbocycles. The molecule has 0 aromatic heterocycles. The molecule has 0 aliphatic heterocycles. The molecule has 3 heteroatoms. The van der Waals surface area contributed by atoms with E-state index in [-0.39, 0.29) is 5.97 Å². The molecule has 0 saturated heterocycles. The summed E-state index contributed by atoms with van der Waals surface area (Å²) in [6.07, 6.45) is 3.08. The highest BCUT2D eigenvalue weighted by Crippen LogP contribution is 2.16. The maximum Gasteiger partial charge on any atom is 0.330 e. The van der Waals surface area contributed by atoms with Crippen LogP contribution in [-0.2, 0) is 16.1 Å². The van der Waals surface area contributed by atoms with E-state index < -0.39 is 0 Å². The molecule has 2 rings (SSSR count). The molecule has 102 valence electrons. The summed E-state index contributed by atoms with van der Waals surface area (Å²) in [6.45, 7) is 0.519. The summed E-state index contributed by atoms with van der Waals surface area (Å²) in [5, 5.41) is 0. The fourth-order valence-corrected chi connectivity index (χ4v) is 1.68. The highest BCUT2D eigenvalue weighted by Gasteiger charge is 1.97. The first-order chi connectivity index (χ1) is 9.78. The zero-order chi connectivity index (χ0) is 14.2. The number of benzene rings is 2. The van der Waals surface area contributed by atoms with Crippen LogP contribution in [0.2, 0.25) is 0 Å². The molecular formula is C17H16O3. The maximum atomic E-state index is 11.0. The van der Waals surface area contributed by atoms with Gasteiger partial charge in [0.1, 0.15) is 12.4 Å². The van der Waals surface area contributed by atoms with Gasteiger partial charge in [-0.3, -0.25) is 0 Å². The number of hydrogen-bond acceptors (Lipinski definition) is 3. The van der Waals surface area contributed by atoms with Gasteiger partial charge < -0.3 is 9.47 Å². The Balaban J connectivity index is 1.99. The first-order valence-corrected chi connectivity index (χ1v) is 6.31. The molecule has 0 spiro atoms. The molecule has 0 aliphatic rings. The standard InChI is InChI=1S/C17H16O3/c1-19-17(18)11-10-14-8-5-9-16(12-14)20-13-15-6-3-2-4-7-15/h2-12H,13H2,1H3. The third-order valence-electron chi connectivity index (χ3n) is 2.72. The molecule has 0 radical (unpaired) electrons. The molecule has 0 unspecified atom stereocenters. The monoisotopic (exact) mass is 268 g/mol. The van der Waals surface area contributed by atoms with Crippen LogP contribution < -0.4 is 4.74 Å². The Morgan fingerprint density at radius 1 is 1.10 bits per heavy atom. The van der Waals surface area contributed by atoms with Gasteiger partial charge in [-0.1, -0.05) is 42.5 Å². The Morgan fingerprint density at radius 3 is 2.65 bits per heavy atom. The number of hydrogen-bond donors (Lipinski definition) is 0. The second-order valence-corrected chi connectivity index (χ2v) is 4.20. The average molecular weight is 268 g/mol. The van der Waals surface area contributed by atoms with Crippen molar-refractivity contribution in [3.8, 4) is 5.75 Å². The Bertz CT molecular complexity index is 588. The van der Waals surface area contributed by atoms with E-state index in [4.69, 9.17) is 4.74 Å².